The predicted octanol–water partition coefficient (Wildman–Crippen LogP) is 2.53. The van der Waals surface area contributed by atoms with Gasteiger partial charge in [0, 0.05) is 18.8 Å². The molecule has 0 aromatic heterocycles. The Balaban J connectivity index is 2.05. The van der Waals surface area contributed by atoms with Crippen molar-refractivity contribution in [3.8, 4) is 0 Å². The quantitative estimate of drug-likeness (QED) is 0.814. The second kappa shape index (κ2) is 5.21. The Morgan fingerprint density at radius 2 is 2.24 bits per heavy atom. The molecule has 0 saturated carbocycles. The molecule has 1 fully saturated rings. The molecule has 0 radical (unpaired) electrons. The Morgan fingerprint density at radius 1 is 1.47 bits per heavy atom. The van der Waals surface area contributed by atoms with Gasteiger partial charge in [0.15, 0.2) is 0 Å². The molecule has 1 amide bonds. The van der Waals surface area contributed by atoms with Gasteiger partial charge in [-0.15, -0.1) is 0 Å². The fourth-order valence-corrected chi connectivity index (χ4v) is 2.52. The van der Waals surface area contributed by atoms with Crippen molar-refractivity contribution in [3.05, 3.63) is 29.8 Å². The molecule has 1 aromatic carbocycles. The standard InChI is InChI=1S/C14H20N2O/c1-2-5-11-8-9-16(10-11)14(17)12-6-3-4-7-13(12)15/h3-4,6-7,11H,2,5,8-10,15H2,1H3. The number of hydrogen-bond acceptors (Lipinski definition) is 2. The average molecular weight is 232 g/mol. The Hall–Kier alpha value is -1.51. The number of benzene rings is 1. The number of nitrogen functional groups attached to an aromatic ring is 1. The minimum atomic E-state index is 0.0849. The number of likely N-dealkylation sites (tertiary alicyclic amines) is 1. The van der Waals surface area contributed by atoms with Gasteiger partial charge in [-0.3, -0.25) is 4.79 Å². The van der Waals surface area contributed by atoms with E-state index in [1.165, 1.54) is 12.8 Å². The topological polar surface area (TPSA) is 46.3 Å². The number of nitrogens with zero attached hydrogens (tertiary/aromatic N) is 1. The zero-order valence-corrected chi connectivity index (χ0v) is 10.4. The zero-order valence-electron chi connectivity index (χ0n) is 10.4. The van der Waals surface area contributed by atoms with E-state index < -0.39 is 0 Å². The van der Waals surface area contributed by atoms with Crippen LogP contribution in [0, 0.1) is 5.92 Å². The highest BCUT2D eigenvalue weighted by molar-refractivity contribution is 5.99. The molecule has 1 aliphatic heterocycles. The highest BCUT2D eigenvalue weighted by Crippen LogP contribution is 2.23. The molecule has 0 spiro atoms. The van der Waals surface area contributed by atoms with Gasteiger partial charge < -0.3 is 10.6 Å². The summed E-state index contributed by atoms with van der Waals surface area (Å²) < 4.78 is 0. The van der Waals surface area contributed by atoms with Crippen LogP contribution in [0.2, 0.25) is 0 Å². The molecule has 1 atom stereocenters. The number of carbonyl (C=O) groups excluding carboxylic acids is 1. The van der Waals surface area contributed by atoms with E-state index in [1.54, 1.807) is 6.07 Å². The molecule has 0 aliphatic carbocycles. The minimum Gasteiger partial charge on any atom is -0.398 e. The lowest BCUT2D eigenvalue weighted by molar-refractivity contribution is 0.0787. The minimum absolute atomic E-state index is 0.0849. The lowest BCUT2D eigenvalue weighted by atomic mass is 10.0. The van der Waals surface area contributed by atoms with E-state index in [1.807, 2.05) is 23.1 Å². The maximum absolute atomic E-state index is 12.3. The van der Waals surface area contributed by atoms with E-state index in [9.17, 15) is 4.79 Å². The van der Waals surface area contributed by atoms with E-state index in [-0.39, 0.29) is 5.91 Å². The van der Waals surface area contributed by atoms with E-state index >= 15 is 0 Å². The first-order valence-corrected chi connectivity index (χ1v) is 6.36. The van der Waals surface area contributed by atoms with E-state index in [4.69, 9.17) is 5.73 Å². The molecule has 92 valence electrons. The van der Waals surface area contributed by atoms with Gasteiger partial charge in [-0.25, -0.2) is 0 Å². The Kier molecular flexibility index (Phi) is 3.67. The summed E-state index contributed by atoms with van der Waals surface area (Å²) in [6.07, 6.45) is 3.54. The Morgan fingerprint density at radius 3 is 2.94 bits per heavy atom. The number of rotatable bonds is 3. The molecule has 1 saturated heterocycles. The summed E-state index contributed by atoms with van der Waals surface area (Å²) in [5.41, 5.74) is 7.06. The molecule has 0 bridgehead atoms. The van der Waals surface area contributed by atoms with Gasteiger partial charge in [0.05, 0.1) is 5.56 Å². The lowest BCUT2D eigenvalue weighted by Crippen LogP contribution is -2.29. The van der Waals surface area contributed by atoms with E-state index in [2.05, 4.69) is 6.92 Å². The van der Waals surface area contributed by atoms with Gasteiger partial charge in [0.2, 0.25) is 0 Å². The van der Waals surface area contributed by atoms with Gasteiger partial charge in [-0.05, 0) is 30.9 Å². The normalized spacial score (nSPS) is 19.6. The predicted molar refractivity (Wildman–Crippen MR) is 69.8 cm³/mol. The second-order valence-electron chi connectivity index (χ2n) is 4.78. The number of hydrogen-bond donors (Lipinski definition) is 1. The average Bonchev–Trinajstić information content (AvgIpc) is 2.78. The van der Waals surface area contributed by atoms with Crippen LogP contribution in [0.4, 0.5) is 5.69 Å². The molecule has 1 heterocycles. The van der Waals surface area contributed by atoms with Crippen LogP contribution in [0.15, 0.2) is 24.3 Å². The molecule has 3 heteroatoms. The number of amides is 1. The third-order valence-corrected chi connectivity index (χ3v) is 3.46. The molecule has 3 nitrogen and oxygen atoms in total. The number of carbonyl (C=O) groups is 1. The van der Waals surface area contributed by atoms with E-state index in [0.717, 1.165) is 19.5 Å². The van der Waals surface area contributed by atoms with Crippen LogP contribution in [-0.2, 0) is 0 Å². The largest absolute Gasteiger partial charge is 0.398 e. The maximum atomic E-state index is 12.3. The van der Waals surface area contributed by atoms with Crippen molar-refractivity contribution in [2.24, 2.45) is 5.92 Å². The van der Waals surface area contributed by atoms with Crippen LogP contribution in [-0.4, -0.2) is 23.9 Å². The van der Waals surface area contributed by atoms with Crippen molar-refractivity contribution in [3.63, 3.8) is 0 Å². The smallest absolute Gasteiger partial charge is 0.255 e. The molecule has 1 unspecified atom stereocenters. The lowest BCUT2D eigenvalue weighted by Gasteiger charge is -2.17. The van der Waals surface area contributed by atoms with Crippen LogP contribution < -0.4 is 5.73 Å². The molecular formula is C14H20N2O. The monoisotopic (exact) mass is 232 g/mol. The highest BCUT2D eigenvalue weighted by Gasteiger charge is 2.26. The molecule has 2 N–H and O–H groups in total. The fraction of sp³-hybridized carbons (Fsp3) is 0.500. The number of anilines is 1. The van der Waals surface area contributed by atoms with Crippen molar-refractivity contribution >= 4 is 11.6 Å². The Labute approximate surface area is 103 Å². The summed E-state index contributed by atoms with van der Waals surface area (Å²) in [4.78, 5) is 14.2. The first-order chi connectivity index (χ1) is 8.22. The first-order valence-electron chi connectivity index (χ1n) is 6.36. The van der Waals surface area contributed by atoms with Crippen molar-refractivity contribution < 1.29 is 4.79 Å². The summed E-state index contributed by atoms with van der Waals surface area (Å²) in [6, 6.07) is 7.32. The van der Waals surface area contributed by atoms with Crippen molar-refractivity contribution in [2.75, 3.05) is 18.8 Å². The van der Waals surface area contributed by atoms with Crippen molar-refractivity contribution in [1.82, 2.24) is 4.90 Å². The molecule has 1 aromatic rings. The van der Waals surface area contributed by atoms with Gasteiger partial charge in [-0.2, -0.15) is 0 Å². The number of nitrogens with two attached hydrogens (primary N) is 1. The van der Waals surface area contributed by atoms with Crippen LogP contribution in [0.25, 0.3) is 0 Å². The van der Waals surface area contributed by atoms with Crippen LogP contribution in [0.5, 0.6) is 0 Å². The summed E-state index contributed by atoms with van der Waals surface area (Å²) >= 11 is 0. The van der Waals surface area contributed by atoms with Gasteiger partial charge >= 0.3 is 0 Å². The zero-order chi connectivity index (χ0) is 12.3. The summed E-state index contributed by atoms with van der Waals surface area (Å²) in [5, 5.41) is 0. The van der Waals surface area contributed by atoms with Gasteiger partial charge in [0.25, 0.3) is 5.91 Å². The SMILES string of the molecule is CCCC1CCN(C(=O)c2ccccc2N)C1. The third kappa shape index (κ3) is 2.60. The van der Waals surface area contributed by atoms with Crippen LogP contribution >= 0.6 is 0 Å². The van der Waals surface area contributed by atoms with Gasteiger partial charge in [0.1, 0.15) is 0 Å². The summed E-state index contributed by atoms with van der Waals surface area (Å²) in [5.74, 6) is 0.760. The summed E-state index contributed by atoms with van der Waals surface area (Å²) in [7, 11) is 0. The van der Waals surface area contributed by atoms with Crippen LogP contribution in [0.3, 0.4) is 0 Å². The van der Waals surface area contributed by atoms with Crippen molar-refractivity contribution in [2.45, 2.75) is 26.2 Å². The second-order valence-corrected chi connectivity index (χ2v) is 4.78. The maximum Gasteiger partial charge on any atom is 0.255 e. The summed E-state index contributed by atoms with van der Waals surface area (Å²) in [6.45, 7) is 3.96. The highest BCUT2D eigenvalue weighted by atomic mass is 16.2. The van der Waals surface area contributed by atoms with Crippen LogP contribution in [0.1, 0.15) is 36.5 Å². The molecular weight excluding hydrogens is 212 g/mol. The molecule has 2 rings (SSSR count). The van der Waals surface area contributed by atoms with Crippen molar-refractivity contribution in [1.29, 1.82) is 0 Å². The third-order valence-electron chi connectivity index (χ3n) is 3.46. The first kappa shape index (κ1) is 12.0. The van der Waals surface area contributed by atoms with Gasteiger partial charge in [-0.1, -0.05) is 25.5 Å². The molecule has 17 heavy (non-hydrogen) atoms. The number of para-hydroxylation sites is 1. The Bertz CT molecular complexity index is 403. The fourth-order valence-electron chi connectivity index (χ4n) is 2.52. The molecule has 1 aliphatic rings. The van der Waals surface area contributed by atoms with E-state index in [0.29, 0.717) is 17.2 Å².